The summed E-state index contributed by atoms with van der Waals surface area (Å²) in [7, 11) is -2.50. The molecule has 0 saturated heterocycles. The summed E-state index contributed by atoms with van der Waals surface area (Å²) < 4.78 is 72.8. The number of alkyl halides is 3. The number of nitrogens with zero attached hydrogens (tertiary/aromatic N) is 2. The minimum absolute atomic E-state index is 0.0477. The molecule has 3 aromatic rings. The van der Waals surface area contributed by atoms with E-state index in [0.29, 0.717) is 16.3 Å². The summed E-state index contributed by atoms with van der Waals surface area (Å²) in [6, 6.07) is 13.1. The lowest BCUT2D eigenvalue weighted by atomic mass is 10.0. The second kappa shape index (κ2) is 14.3. The van der Waals surface area contributed by atoms with E-state index < -0.39 is 39.9 Å². The number of ether oxygens (including phenoxy) is 1. The number of aliphatic hydroxyl groups is 1. The predicted molar refractivity (Wildman–Crippen MR) is 167 cm³/mol. The van der Waals surface area contributed by atoms with Gasteiger partial charge in [0.15, 0.2) is 0 Å². The highest BCUT2D eigenvalue weighted by Crippen LogP contribution is 2.31. The Labute approximate surface area is 270 Å². The minimum Gasteiger partial charge on any atom is -0.488 e. The van der Waals surface area contributed by atoms with E-state index in [-0.39, 0.29) is 54.2 Å². The van der Waals surface area contributed by atoms with Gasteiger partial charge in [-0.15, -0.1) is 0 Å². The summed E-state index contributed by atoms with van der Waals surface area (Å²) in [4.78, 5) is 27.7. The lowest BCUT2D eigenvalue weighted by Crippen LogP contribution is -2.48. The Morgan fingerprint density at radius 3 is 2.30 bits per heavy atom. The highest BCUT2D eigenvalue weighted by molar-refractivity contribution is 7.89. The quantitative estimate of drug-likeness (QED) is 0.289. The number of halogens is 4. The standard InChI is InChI=1S/C31H34ClF3N4O6S/c1-19-16-39(20(2)18-40)29(41)15-21-14-25(37-30(42)36-24-8-4-22(5-9-24)31(33,34)35)10-13-27(21)45-28(19)17-38(3)46(43,44)26-11-6-23(32)7-12-26/h4-14,19-20,28,40H,15-18H2,1-3H3,(H2,36,37,42)/t19-,20-,28-/m1/s1. The molecule has 4 rings (SSSR count). The number of fused-ring (bicyclic) bond motifs is 1. The topological polar surface area (TPSA) is 128 Å². The zero-order valence-corrected chi connectivity index (χ0v) is 26.8. The monoisotopic (exact) mass is 682 g/mol. The van der Waals surface area contributed by atoms with Crippen LogP contribution in [0.15, 0.2) is 71.6 Å². The van der Waals surface area contributed by atoms with Gasteiger partial charge in [-0.05, 0) is 73.7 Å². The molecule has 15 heteroatoms. The Kier molecular flexibility index (Phi) is 10.9. The van der Waals surface area contributed by atoms with Crippen molar-refractivity contribution in [3.8, 4) is 5.75 Å². The molecule has 1 aliphatic heterocycles. The van der Waals surface area contributed by atoms with Crippen molar-refractivity contribution in [1.29, 1.82) is 0 Å². The van der Waals surface area contributed by atoms with Crippen molar-refractivity contribution in [3.63, 3.8) is 0 Å². The molecule has 0 aromatic heterocycles. The Bertz CT molecular complexity index is 1660. The molecule has 0 radical (unpaired) electrons. The van der Waals surface area contributed by atoms with Crippen LogP contribution in [0.4, 0.5) is 29.3 Å². The summed E-state index contributed by atoms with van der Waals surface area (Å²) in [5, 5.41) is 15.3. The molecule has 0 bridgehead atoms. The van der Waals surface area contributed by atoms with Gasteiger partial charge >= 0.3 is 12.2 Å². The molecule has 0 unspecified atom stereocenters. The van der Waals surface area contributed by atoms with Crippen LogP contribution in [0.5, 0.6) is 5.75 Å². The van der Waals surface area contributed by atoms with Gasteiger partial charge in [0.1, 0.15) is 11.9 Å². The van der Waals surface area contributed by atoms with E-state index in [9.17, 15) is 36.3 Å². The van der Waals surface area contributed by atoms with Crippen LogP contribution < -0.4 is 15.4 Å². The van der Waals surface area contributed by atoms with E-state index in [1.54, 1.807) is 13.0 Å². The lowest BCUT2D eigenvalue weighted by Gasteiger charge is -2.33. The number of rotatable bonds is 8. The number of carbonyl (C=O) groups excluding carboxylic acids is 2. The van der Waals surface area contributed by atoms with Crippen molar-refractivity contribution in [2.45, 2.75) is 43.5 Å². The SMILES string of the molecule is C[C@@H]1CN([C@H](C)CO)C(=O)Cc2cc(NC(=O)Nc3ccc(C(F)(F)F)cc3)ccc2O[C@@H]1CN(C)S(=O)(=O)c1ccc(Cl)cc1. The summed E-state index contributed by atoms with van der Waals surface area (Å²) >= 11 is 5.93. The fraction of sp³-hybridized carbons (Fsp3) is 0.355. The van der Waals surface area contributed by atoms with Crippen molar-refractivity contribution < 1.29 is 41.0 Å². The molecular weight excluding hydrogens is 649 g/mol. The van der Waals surface area contributed by atoms with Crippen molar-refractivity contribution in [3.05, 3.63) is 82.9 Å². The molecule has 3 aromatic carbocycles. The Morgan fingerprint density at radius 2 is 1.70 bits per heavy atom. The number of likely N-dealkylation sites (N-methyl/N-ethyl adjacent to an activating group) is 1. The third-order valence-electron chi connectivity index (χ3n) is 7.60. The van der Waals surface area contributed by atoms with Gasteiger partial charge in [0, 0.05) is 41.5 Å². The van der Waals surface area contributed by atoms with Crippen molar-refractivity contribution in [2.75, 3.05) is 37.4 Å². The zero-order valence-electron chi connectivity index (χ0n) is 25.2. The molecular formula is C31H34ClF3N4O6S. The Balaban J connectivity index is 1.58. The second-order valence-electron chi connectivity index (χ2n) is 11.1. The first-order valence-corrected chi connectivity index (χ1v) is 16.1. The third kappa shape index (κ3) is 8.49. The number of nitrogens with one attached hydrogen (secondary N) is 2. The van der Waals surface area contributed by atoms with Crippen LogP contribution in [-0.4, -0.2) is 73.6 Å². The first-order valence-electron chi connectivity index (χ1n) is 14.3. The maximum Gasteiger partial charge on any atom is 0.416 e. The number of amides is 3. The Hall–Kier alpha value is -3.85. The smallest absolute Gasteiger partial charge is 0.416 e. The fourth-order valence-corrected chi connectivity index (χ4v) is 6.21. The molecule has 0 saturated carbocycles. The number of anilines is 2. The number of sulfonamides is 1. The largest absolute Gasteiger partial charge is 0.488 e. The van der Waals surface area contributed by atoms with Crippen LogP contribution in [-0.2, 0) is 27.4 Å². The lowest BCUT2D eigenvalue weighted by molar-refractivity contribution is -0.137. The molecule has 3 amide bonds. The van der Waals surface area contributed by atoms with E-state index >= 15 is 0 Å². The number of hydrogen-bond donors (Lipinski definition) is 3. The minimum atomic E-state index is -4.51. The number of benzene rings is 3. The molecule has 1 aliphatic rings. The molecule has 0 spiro atoms. The molecule has 248 valence electrons. The summed E-state index contributed by atoms with van der Waals surface area (Å²) in [5.74, 6) is -0.388. The molecule has 1 heterocycles. The second-order valence-corrected chi connectivity index (χ2v) is 13.6. The highest BCUT2D eigenvalue weighted by atomic mass is 35.5. The molecule has 3 N–H and O–H groups in total. The van der Waals surface area contributed by atoms with Gasteiger partial charge in [0.2, 0.25) is 15.9 Å². The van der Waals surface area contributed by atoms with Gasteiger partial charge in [-0.2, -0.15) is 17.5 Å². The van der Waals surface area contributed by atoms with Crippen LogP contribution in [0.1, 0.15) is 25.0 Å². The summed E-state index contributed by atoms with van der Waals surface area (Å²) in [6.45, 7) is 3.32. The Morgan fingerprint density at radius 1 is 1.09 bits per heavy atom. The third-order valence-corrected chi connectivity index (χ3v) is 9.69. The molecule has 0 fully saturated rings. The highest BCUT2D eigenvalue weighted by Gasteiger charge is 2.34. The van der Waals surface area contributed by atoms with Gasteiger partial charge in [-0.3, -0.25) is 4.79 Å². The van der Waals surface area contributed by atoms with E-state index in [1.165, 1.54) is 48.3 Å². The average molecular weight is 683 g/mol. The first kappa shape index (κ1) is 35.0. The van der Waals surface area contributed by atoms with Gasteiger partial charge in [0.25, 0.3) is 0 Å². The van der Waals surface area contributed by atoms with Crippen LogP contribution in [0.3, 0.4) is 0 Å². The van der Waals surface area contributed by atoms with E-state index in [1.807, 2.05) is 6.92 Å². The number of aliphatic hydroxyl groups excluding tert-OH is 1. The summed E-state index contributed by atoms with van der Waals surface area (Å²) in [6.07, 6.45) is -5.39. The van der Waals surface area contributed by atoms with Crippen molar-refractivity contribution >= 4 is 44.9 Å². The predicted octanol–water partition coefficient (Wildman–Crippen LogP) is 5.47. The first-order chi connectivity index (χ1) is 21.6. The molecule has 3 atom stereocenters. The maximum absolute atomic E-state index is 13.5. The van der Waals surface area contributed by atoms with E-state index in [2.05, 4.69) is 10.6 Å². The van der Waals surface area contributed by atoms with Crippen molar-refractivity contribution in [1.82, 2.24) is 9.21 Å². The normalized spacial score (nSPS) is 18.1. The number of urea groups is 1. The van der Waals surface area contributed by atoms with E-state index in [0.717, 1.165) is 28.6 Å². The molecule has 10 nitrogen and oxygen atoms in total. The van der Waals surface area contributed by atoms with Crippen molar-refractivity contribution in [2.24, 2.45) is 5.92 Å². The van der Waals surface area contributed by atoms with Gasteiger partial charge < -0.3 is 25.4 Å². The average Bonchev–Trinajstić information content (AvgIpc) is 3.04. The van der Waals surface area contributed by atoms with Crippen LogP contribution in [0, 0.1) is 5.92 Å². The van der Waals surface area contributed by atoms with E-state index in [4.69, 9.17) is 16.3 Å². The number of carbonyl (C=O) groups is 2. The van der Waals surface area contributed by atoms with Crippen LogP contribution in [0.25, 0.3) is 0 Å². The summed E-state index contributed by atoms with van der Waals surface area (Å²) in [5.41, 5.74) is -0.0519. The number of hydrogen-bond acceptors (Lipinski definition) is 6. The van der Waals surface area contributed by atoms with Gasteiger partial charge in [-0.1, -0.05) is 18.5 Å². The maximum atomic E-state index is 13.5. The fourth-order valence-electron chi connectivity index (χ4n) is 4.90. The van der Waals surface area contributed by atoms with Crippen LogP contribution in [0.2, 0.25) is 5.02 Å². The molecule has 46 heavy (non-hydrogen) atoms. The van der Waals surface area contributed by atoms with Gasteiger partial charge in [0.05, 0.1) is 36.1 Å². The van der Waals surface area contributed by atoms with Gasteiger partial charge in [-0.25, -0.2) is 13.2 Å². The molecule has 0 aliphatic carbocycles. The zero-order chi connectivity index (χ0) is 33.8. The van der Waals surface area contributed by atoms with Crippen LogP contribution >= 0.6 is 11.6 Å².